The number of hydrogen-bond acceptors (Lipinski definition) is 2. The van der Waals surface area contributed by atoms with Gasteiger partial charge in [-0.1, -0.05) is 25.3 Å². The number of rotatable bonds is 2. The molecule has 0 radical (unpaired) electrons. The Labute approximate surface area is 89.9 Å². The van der Waals surface area contributed by atoms with Crippen LogP contribution in [-0.2, 0) is 4.79 Å². The smallest absolute Gasteiger partial charge is 0.312 e. The Bertz CT molecular complexity index is 313. The van der Waals surface area contributed by atoms with Crippen molar-refractivity contribution < 1.29 is 9.90 Å². The molecule has 1 aliphatic carbocycles. The van der Waals surface area contributed by atoms with Gasteiger partial charge >= 0.3 is 5.97 Å². The van der Waals surface area contributed by atoms with E-state index >= 15 is 0 Å². The number of carboxylic acid groups (broad SMARTS) is 1. The summed E-state index contributed by atoms with van der Waals surface area (Å²) in [5, 5.41) is 9.51. The largest absolute Gasteiger partial charge is 0.481 e. The Morgan fingerprint density at radius 3 is 2.47 bits per heavy atom. The predicted molar refractivity (Wildman–Crippen MR) is 59.2 cm³/mol. The van der Waals surface area contributed by atoms with E-state index in [0.717, 1.165) is 32.1 Å². The molecule has 0 bridgehead atoms. The minimum atomic E-state index is -0.687. The van der Waals surface area contributed by atoms with Crippen LogP contribution in [0.5, 0.6) is 0 Å². The summed E-state index contributed by atoms with van der Waals surface area (Å²) >= 11 is 0. The highest BCUT2D eigenvalue weighted by atomic mass is 16.4. The highest BCUT2D eigenvalue weighted by Crippen LogP contribution is 2.48. The van der Waals surface area contributed by atoms with Crippen LogP contribution in [0.3, 0.4) is 0 Å². The molecule has 2 aliphatic rings. The number of aliphatic imine (C=N–C) groups is 1. The summed E-state index contributed by atoms with van der Waals surface area (Å²) in [6.07, 6.45) is 10.2. The van der Waals surface area contributed by atoms with E-state index in [1.54, 1.807) is 6.21 Å². The van der Waals surface area contributed by atoms with E-state index < -0.39 is 16.9 Å². The molecule has 15 heavy (non-hydrogen) atoms. The summed E-state index contributed by atoms with van der Waals surface area (Å²) < 4.78 is 0. The number of allylic oxidation sites excluding steroid dienone is 1. The first-order valence-electron chi connectivity index (χ1n) is 5.57. The van der Waals surface area contributed by atoms with Gasteiger partial charge in [-0.3, -0.25) is 9.79 Å². The van der Waals surface area contributed by atoms with Crippen molar-refractivity contribution >= 4 is 12.2 Å². The van der Waals surface area contributed by atoms with Crippen molar-refractivity contribution in [1.82, 2.24) is 0 Å². The first-order chi connectivity index (χ1) is 7.11. The molecule has 1 fully saturated rings. The summed E-state index contributed by atoms with van der Waals surface area (Å²) in [5.74, 6) is -0.687. The van der Waals surface area contributed by atoms with Gasteiger partial charge in [0.2, 0.25) is 0 Å². The monoisotopic (exact) mass is 207 g/mol. The van der Waals surface area contributed by atoms with E-state index in [4.69, 9.17) is 0 Å². The van der Waals surface area contributed by atoms with Gasteiger partial charge in [-0.15, -0.1) is 0 Å². The number of aliphatic carboxylic acids is 1. The second-order valence-electron chi connectivity index (χ2n) is 4.73. The van der Waals surface area contributed by atoms with Crippen LogP contribution >= 0.6 is 0 Å². The molecule has 82 valence electrons. The van der Waals surface area contributed by atoms with Gasteiger partial charge in [0.05, 0.1) is 11.0 Å². The van der Waals surface area contributed by atoms with E-state index in [1.165, 1.54) is 0 Å². The number of nitrogens with zero attached hydrogens (tertiary/aromatic N) is 1. The molecule has 0 saturated heterocycles. The SMILES string of the molecule is CC1(C2(C(=O)O)CCCCC2)C=CC=N1. The third kappa shape index (κ3) is 1.41. The number of carboxylic acids is 1. The van der Waals surface area contributed by atoms with Crippen molar-refractivity contribution in [2.24, 2.45) is 10.4 Å². The Balaban J connectivity index is 2.37. The van der Waals surface area contributed by atoms with Crippen molar-refractivity contribution in [2.75, 3.05) is 0 Å². The lowest BCUT2D eigenvalue weighted by Crippen LogP contribution is -2.49. The van der Waals surface area contributed by atoms with Gasteiger partial charge in [0, 0.05) is 6.21 Å². The van der Waals surface area contributed by atoms with E-state index in [-0.39, 0.29) is 0 Å². The van der Waals surface area contributed by atoms with Crippen LogP contribution in [0.4, 0.5) is 0 Å². The quantitative estimate of drug-likeness (QED) is 0.756. The maximum absolute atomic E-state index is 11.6. The van der Waals surface area contributed by atoms with E-state index in [9.17, 15) is 9.90 Å². The lowest BCUT2D eigenvalue weighted by molar-refractivity contribution is -0.154. The van der Waals surface area contributed by atoms with Gasteiger partial charge in [0.25, 0.3) is 0 Å². The average Bonchev–Trinajstić information content (AvgIpc) is 2.67. The Hall–Kier alpha value is -1.12. The molecular weight excluding hydrogens is 190 g/mol. The van der Waals surface area contributed by atoms with Gasteiger partial charge in [-0.2, -0.15) is 0 Å². The summed E-state index contributed by atoms with van der Waals surface area (Å²) in [5.41, 5.74) is -1.20. The molecule has 0 amide bonds. The van der Waals surface area contributed by atoms with Crippen molar-refractivity contribution in [3.63, 3.8) is 0 Å². The maximum atomic E-state index is 11.6. The van der Waals surface area contributed by atoms with Crippen LogP contribution in [0.1, 0.15) is 39.0 Å². The van der Waals surface area contributed by atoms with Crippen molar-refractivity contribution in [2.45, 2.75) is 44.6 Å². The average molecular weight is 207 g/mol. The zero-order valence-corrected chi connectivity index (χ0v) is 9.07. The number of carbonyl (C=O) groups is 1. The predicted octanol–water partition coefficient (Wildman–Crippen LogP) is 2.42. The lowest BCUT2D eigenvalue weighted by Gasteiger charge is -2.42. The van der Waals surface area contributed by atoms with Crippen molar-refractivity contribution in [3.05, 3.63) is 12.2 Å². The molecule has 1 aliphatic heterocycles. The fourth-order valence-corrected chi connectivity index (χ4v) is 2.85. The molecule has 1 saturated carbocycles. The minimum Gasteiger partial charge on any atom is -0.481 e. The normalized spacial score (nSPS) is 33.1. The molecule has 0 aromatic heterocycles. The van der Waals surface area contributed by atoms with Gasteiger partial charge in [-0.05, 0) is 25.8 Å². The summed E-state index contributed by atoms with van der Waals surface area (Å²) in [7, 11) is 0. The van der Waals surface area contributed by atoms with Crippen LogP contribution < -0.4 is 0 Å². The zero-order chi connectivity index (χ0) is 10.9. The Morgan fingerprint density at radius 2 is 2.00 bits per heavy atom. The first-order valence-corrected chi connectivity index (χ1v) is 5.57. The van der Waals surface area contributed by atoms with Crippen LogP contribution in [0.2, 0.25) is 0 Å². The summed E-state index contributed by atoms with van der Waals surface area (Å²) in [6, 6.07) is 0. The van der Waals surface area contributed by atoms with E-state index in [2.05, 4.69) is 4.99 Å². The molecule has 3 heteroatoms. The molecule has 0 spiro atoms. The van der Waals surface area contributed by atoms with E-state index in [1.807, 2.05) is 19.1 Å². The Morgan fingerprint density at radius 1 is 1.33 bits per heavy atom. The van der Waals surface area contributed by atoms with Gasteiger partial charge < -0.3 is 5.11 Å². The third-order valence-corrected chi connectivity index (χ3v) is 3.93. The van der Waals surface area contributed by atoms with Crippen molar-refractivity contribution in [1.29, 1.82) is 0 Å². The minimum absolute atomic E-state index is 0.529. The topological polar surface area (TPSA) is 49.7 Å². The Kier molecular flexibility index (Phi) is 2.41. The van der Waals surface area contributed by atoms with E-state index in [0.29, 0.717) is 0 Å². The van der Waals surface area contributed by atoms with Gasteiger partial charge in [0.1, 0.15) is 0 Å². The van der Waals surface area contributed by atoms with Gasteiger partial charge in [0.15, 0.2) is 0 Å². The molecule has 0 aromatic carbocycles. The molecule has 0 aromatic rings. The van der Waals surface area contributed by atoms with Crippen LogP contribution in [-0.4, -0.2) is 22.8 Å². The zero-order valence-electron chi connectivity index (χ0n) is 9.07. The third-order valence-electron chi connectivity index (χ3n) is 3.93. The standard InChI is InChI=1S/C12H17NO2/c1-11(6-5-9-13-11)12(10(14)15)7-3-2-4-8-12/h5-6,9H,2-4,7-8H2,1H3,(H,14,15). The lowest BCUT2D eigenvalue weighted by atomic mass is 9.62. The summed E-state index contributed by atoms with van der Waals surface area (Å²) in [6.45, 7) is 1.94. The molecule has 1 N–H and O–H groups in total. The molecule has 1 atom stereocenters. The molecular formula is C12H17NO2. The molecule has 1 unspecified atom stereocenters. The fraction of sp³-hybridized carbons (Fsp3) is 0.667. The van der Waals surface area contributed by atoms with Crippen LogP contribution in [0, 0.1) is 5.41 Å². The maximum Gasteiger partial charge on any atom is 0.312 e. The second kappa shape index (κ2) is 3.47. The fourth-order valence-electron chi connectivity index (χ4n) is 2.85. The summed E-state index contributed by atoms with van der Waals surface area (Å²) in [4.78, 5) is 15.9. The molecule has 2 rings (SSSR count). The van der Waals surface area contributed by atoms with Gasteiger partial charge in [-0.25, -0.2) is 0 Å². The molecule has 3 nitrogen and oxygen atoms in total. The highest BCUT2D eigenvalue weighted by molar-refractivity contribution is 5.82. The first kappa shape index (κ1) is 10.4. The second-order valence-corrected chi connectivity index (χ2v) is 4.73. The van der Waals surface area contributed by atoms with Crippen molar-refractivity contribution in [3.8, 4) is 0 Å². The number of hydrogen-bond donors (Lipinski definition) is 1. The van der Waals surface area contributed by atoms with Crippen LogP contribution in [0.15, 0.2) is 17.1 Å². The highest BCUT2D eigenvalue weighted by Gasteiger charge is 2.53. The van der Waals surface area contributed by atoms with Crippen LogP contribution in [0.25, 0.3) is 0 Å². The molecule has 1 heterocycles.